The molecule has 0 saturated carbocycles. The number of benzene rings is 2. The molecule has 30 heavy (non-hydrogen) atoms. The van der Waals surface area contributed by atoms with E-state index in [0.29, 0.717) is 4.90 Å². The highest BCUT2D eigenvalue weighted by molar-refractivity contribution is 5.97. The van der Waals surface area contributed by atoms with Crippen molar-refractivity contribution >= 4 is 16.9 Å². The van der Waals surface area contributed by atoms with Crippen LogP contribution in [-0.4, -0.2) is 33.9 Å². The molecule has 5 rings (SSSR count). The molecule has 2 aliphatic rings. The molecule has 5 nitrogen and oxygen atoms in total. The zero-order valence-electron chi connectivity index (χ0n) is 18.6. The maximum atomic E-state index is 15.5. The van der Waals surface area contributed by atoms with Gasteiger partial charge in [0.25, 0.3) is 5.91 Å². The van der Waals surface area contributed by atoms with Crippen LogP contribution in [0.25, 0.3) is 11.0 Å². The number of carbonyl (C=O) groups excluding carboxylic acids is 1. The van der Waals surface area contributed by atoms with Gasteiger partial charge in [-0.2, -0.15) is 8.78 Å². The van der Waals surface area contributed by atoms with Crippen LogP contribution in [0, 0.1) is 17.7 Å². The molecule has 152 valence electrons. The van der Waals surface area contributed by atoms with E-state index in [1.807, 2.05) is 0 Å². The van der Waals surface area contributed by atoms with Crippen molar-refractivity contribution in [2.24, 2.45) is 0 Å². The first-order valence-corrected chi connectivity index (χ1v) is 9.18. The Morgan fingerprint density at radius 3 is 2.87 bits per heavy atom. The molecule has 0 saturated heterocycles. The molecule has 3 aromatic rings. The van der Waals surface area contributed by atoms with Crippen LogP contribution in [0.2, 0.25) is 0 Å². The number of aromatic nitrogens is 2. The van der Waals surface area contributed by atoms with Crippen LogP contribution in [0.5, 0.6) is 5.75 Å². The summed E-state index contributed by atoms with van der Waals surface area (Å²) in [6.07, 6.45) is 0.0160. The molecule has 1 aromatic heterocycles. The minimum Gasteiger partial charge on any atom is -0.434 e. The zero-order chi connectivity index (χ0) is 23.7. The lowest BCUT2D eigenvalue weighted by atomic mass is 9.97. The fourth-order valence-corrected chi connectivity index (χ4v) is 4.38. The van der Waals surface area contributed by atoms with E-state index in [-0.39, 0.29) is 45.7 Å². The Bertz CT molecular complexity index is 1370. The molecule has 0 N–H and O–H groups in total. The third kappa shape index (κ3) is 2.45. The van der Waals surface area contributed by atoms with E-state index < -0.39 is 37.4 Å². The van der Waals surface area contributed by atoms with Gasteiger partial charge < -0.3 is 14.2 Å². The highest BCUT2D eigenvalue weighted by Gasteiger charge is 2.45. The van der Waals surface area contributed by atoms with Gasteiger partial charge >= 0.3 is 6.61 Å². The van der Waals surface area contributed by atoms with Gasteiger partial charge in [-0.15, -0.1) is 5.92 Å². The second-order valence-corrected chi connectivity index (χ2v) is 7.05. The number of imidazole rings is 1. The fourth-order valence-electron chi connectivity index (χ4n) is 4.38. The highest BCUT2D eigenvalue weighted by Crippen LogP contribution is 2.50. The molecule has 0 fully saturated rings. The van der Waals surface area contributed by atoms with Gasteiger partial charge in [0, 0.05) is 28.6 Å². The highest BCUT2D eigenvalue weighted by atomic mass is 19.3. The van der Waals surface area contributed by atoms with Gasteiger partial charge in [0.15, 0.2) is 5.82 Å². The average Bonchev–Trinajstić information content (AvgIpc) is 3.22. The largest absolute Gasteiger partial charge is 0.434 e. The molecular weight excluding hydrogens is 395 g/mol. The molecule has 2 aromatic carbocycles. The number of amides is 1. The Balaban J connectivity index is 1.87. The third-order valence-corrected chi connectivity index (χ3v) is 5.51. The standard InChI is InChI=1S/C22H16F3N3O2/c1-3-5-11-8-9-13-19(18(11)23)28-14-10-15(20(28)26-13)27(2)21(29)12-6-4-7-16(17(12)14)30-22(24)25/h4,6-9,14-15,22H,10H2,1-2H3/t14-,15-/m1/s1/i2D3. The van der Waals surface area contributed by atoms with E-state index in [1.54, 1.807) is 13.0 Å². The van der Waals surface area contributed by atoms with Crippen LogP contribution in [-0.2, 0) is 0 Å². The normalized spacial score (nSPS) is 21.3. The average molecular weight is 414 g/mol. The molecule has 2 atom stereocenters. The van der Waals surface area contributed by atoms with Crippen LogP contribution < -0.4 is 4.74 Å². The molecular formula is C22H16F3N3O2. The Kier molecular flexibility index (Phi) is 3.34. The summed E-state index contributed by atoms with van der Waals surface area (Å²) in [5.41, 5.74) is 0.411. The van der Waals surface area contributed by atoms with Crippen LogP contribution in [0.4, 0.5) is 13.2 Å². The molecule has 1 amide bonds. The fraction of sp³-hybridized carbons (Fsp3) is 0.273. The SMILES string of the molecule is [2H]C([2H])([2H])N1C(=O)c2cccc(OC(F)F)c2[C@H]2C[C@@H]1c1nc3ccc(C#CC)c(F)c3n12. The first kappa shape index (κ1) is 15.4. The summed E-state index contributed by atoms with van der Waals surface area (Å²) >= 11 is 0. The lowest BCUT2D eigenvalue weighted by Crippen LogP contribution is -2.30. The predicted octanol–water partition coefficient (Wildman–Crippen LogP) is 4.27. The van der Waals surface area contributed by atoms with Crippen molar-refractivity contribution in [3.8, 4) is 17.6 Å². The number of fused-ring (bicyclic) bond motifs is 9. The number of alkyl halides is 2. The van der Waals surface area contributed by atoms with Crippen molar-refractivity contribution in [1.82, 2.24) is 14.5 Å². The van der Waals surface area contributed by atoms with Gasteiger partial charge in [0.2, 0.25) is 0 Å². The van der Waals surface area contributed by atoms with Gasteiger partial charge in [-0.1, -0.05) is 12.0 Å². The van der Waals surface area contributed by atoms with Crippen molar-refractivity contribution < 1.29 is 26.8 Å². The number of carbonyl (C=O) groups is 1. The quantitative estimate of drug-likeness (QED) is 0.589. The summed E-state index contributed by atoms with van der Waals surface area (Å²) in [7, 11) is 0. The Morgan fingerprint density at radius 1 is 1.30 bits per heavy atom. The van der Waals surface area contributed by atoms with Crippen LogP contribution in [0.1, 0.15) is 56.8 Å². The van der Waals surface area contributed by atoms with E-state index in [2.05, 4.69) is 21.6 Å². The minimum absolute atomic E-state index is 0.0160. The van der Waals surface area contributed by atoms with Gasteiger partial charge in [-0.3, -0.25) is 4.79 Å². The number of nitrogens with zero attached hydrogens (tertiary/aromatic N) is 3. The summed E-state index contributed by atoms with van der Waals surface area (Å²) in [5, 5.41) is 0. The number of halogens is 3. The van der Waals surface area contributed by atoms with Crippen LogP contribution in [0.15, 0.2) is 30.3 Å². The topological polar surface area (TPSA) is 47.4 Å². The van der Waals surface area contributed by atoms with Gasteiger partial charge in [0.1, 0.15) is 17.1 Å². The predicted molar refractivity (Wildman–Crippen MR) is 103 cm³/mol. The van der Waals surface area contributed by atoms with Crippen molar-refractivity contribution in [3.05, 3.63) is 58.7 Å². The molecule has 2 bridgehead atoms. The molecule has 0 unspecified atom stereocenters. The van der Waals surface area contributed by atoms with Crippen molar-refractivity contribution in [3.63, 3.8) is 0 Å². The van der Waals surface area contributed by atoms with E-state index in [1.165, 1.54) is 28.8 Å². The Hall–Kier alpha value is -3.47. The summed E-state index contributed by atoms with van der Waals surface area (Å²) in [6.45, 7) is -4.46. The van der Waals surface area contributed by atoms with E-state index in [9.17, 15) is 13.6 Å². The monoisotopic (exact) mass is 414 g/mol. The maximum absolute atomic E-state index is 15.5. The van der Waals surface area contributed by atoms with Crippen LogP contribution >= 0.6 is 0 Å². The third-order valence-electron chi connectivity index (χ3n) is 5.51. The van der Waals surface area contributed by atoms with Crippen molar-refractivity contribution in [2.75, 3.05) is 6.98 Å². The summed E-state index contributed by atoms with van der Waals surface area (Å²) in [5.74, 6) is 3.69. The second-order valence-electron chi connectivity index (χ2n) is 7.05. The Morgan fingerprint density at radius 2 is 2.13 bits per heavy atom. The number of ether oxygens (including phenoxy) is 1. The molecule has 0 aliphatic carbocycles. The zero-order valence-corrected chi connectivity index (χ0v) is 15.6. The van der Waals surface area contributed by atoms with Crippen molar-refractivity contribution in [2.45, 2.75) is 32.0 Å². The van der Waals surface area contributed by atoms with Gasteiger partial charge in [-0.25, -0.2) is 9.37 Å². The Labute approximate surface area is 174 Å². The maximum Gasteiger partial charge on any atom is 0.387 e. The molecule has 0 spiro atoms. The lowest BCUT2D eigenvalue weighted by Gasteiger charge is -2.24. The number of hydrogen-bond donors (Lipinski definition) is 0. The molecule has 0 radical (unpaired) electrons. The summed E-state index contributed by atoms with van der Waals surface area (Å²) in [6, 6.07) is 5.13. The molecule has 8 heteroatoms. The smallest absolute Gasteiger partial charge is 0.387 e. The van der Waals surface area contributed by atoms with E-state index >= 15 is 4.39 Å². The lowest BCUT2D eigenvalue weighted by molar-refractivity contribution is -0.0507. The summed E-state index contributed by atoms with van der Waals surface area (Å²) < 4.78 is 72.0. The number of rotatable bonds is 2. The summed E-state index contributed by atoms with van der Waals surface area (Å²) in [4.78, 5) is 18.5. The second kappa shape index (κ2) is 6.52. The molecule has 2 aliphatic heterocycles. The minimum atomic E-state index is -3.17. The van der Waals surface area contributed by atoms with Gasteiger partial charge in [0.05, 0.1) is 23.2 Å². The first-order chi connectivity index (χ1) is 15.6. The van der Waals surface area contributed by atoms with Crippen molar-refractivity contribution in [1.29, 1.82) is 0 Å². The van der Waals surface area contributed by atoms with E-state index in [0.717, 1.165) is 0 Å². The van der Waals surface area contributed by atoms with Gasteiger partial charge in [-0.05, 0) is 31.2 Å². The molecule has 3 heterocycles. The van der Waals surface area contributed by atoms with E-state index in [4.69, 9.17) is 4.11 Å². The number of hydrogen-bond acceptors (Lipinski definition) is 3. The first-order valence-electron chi connectivity index (χ1n) is 10.7. The van der Waals surface area contributed by atoms with Crippen LogP contribution in [0.3, 0.4) is 0 Å².